The Kier molecular flexibility index (Phi) is 6.65. The standard InChI is InChI=1S/C15H23N3O3/c1-3-5-6-11(4-2)10-17-13-9-12(15(16)19)7-8-14(13)18(20)21/h7-9,11,17H,3-6,10H2,1-2H3,(H2,16,19). The highest BCUT2D eigenvalue weighted by atomic mass is 16.6. The first kappa shape index (κ1) is 16.9. The maximum absolute atomic E-state index is 11.2. The van der Waals surface area contributed by atoms with Crippen LogP contribution in [0, 0.1) is 16.0 Å². The van der Waals surface area contributed by atoms with E-state index in [0.717, 1.165) is 25.7 Å². The molecule has 0 aliphatic carbocycles. The quantitative estimate of drug-likeness (QED) is 0.539. The van der Waals surface area contributed by atoms with Crippen LogP contribution in [-0.4, -0.2) is 17.4 Å². The highest BCUT2D eigenvalue weighted by molar-refractivity contribution is 5.94. The van der Waals surface area contributed by atoms with E-state index >= 15 is 0 Å². The molecule has 0 bridgehead atoms. The molecule has 1 unspecified atom stereocenters. The Morgan fingerprint density at radius 1 is 1.43 bits per heavy atom. The van der Waals surface area contributed by atoms with Crippen LogP contribution in [0.1, 0.15) is 49.9 Å². The second kappa shape index (κ2) is 8.24. The first-order valence-electron chi connectivity index (χ1n) is 7.31. The SMILES string of the molecule is CCCCC(CC)CNc1cc(C(N)=O)ccc1[N+](=O)[O-]. The lowest BCUT2D eigenvalue weighted by Gasteiger charge is -2.16. The van der Waals surface area contributed by atoms with Crippen molar-refractivity contribution in [3.05, 3.63) is 33.9 Å². The normalized spacial score (nSPS) is 11.9. The van der Waals surface area contributed by atoms with Crippen LogP contribution in [0.25, 0.3) is 0 Å². The molecule has 0 aromatic heterocycles. The zero-order valence-electron chi connectivity index (χ0n) is 12.6. The number of nitrogens with one attached hydrogen (secondary N) is 1. The minimum Gasteiger partial charge on any atom is -0.379 e. The van der Waals surface area contributed by atoms with Crippen LogP contribution in [0.15, 0.2) is 18.2 Å². The lowest BCUT2D eigenvalue weighted by Crippen LogP contribution is -2.16. The molecule has 6 heteroatoms. The smallest absolute Gasteiger partial charge is 0.292 e. The molecule has 0 saturated carbocycles. The van der Waals surface area contributed by atoms with Gasteiger partial charge in [-0.05, 0) is 24.5 Å². The summed E-state index contributed by atoms with van der Waals surface area (Å²) in [6, 6.07) is 4.14. The van der Waals surface area contributed by atoms with Gasteiger partial charge in [-0.2, -0.15) is 0 Å². The fourth-order valence-corrected chi connectivity index (χ4v) is 2.19. The van der Waals surface area contributed by atoms with Crippen molar-refractivity contribution in [1.29, 1.82) is 0 Å². The number of carbonyl (C=O) groups is 1. The van der Waals surface area contributed by atoms with E-state index in [0.29, 0.717) is 18.2 Å². The van der Waals surface area contributed by atoms with Crippen molar-refractivity contribution in [3.63, 3.8) is 0 Å². The predicted molar refractivity (Wildman–Crippen MR) is 83.4 cm³/mol. The fourth-order valence-electron chi connectivity index (χ4n) is 2.19. The molecule has 6 nitrogen and oxygen atoms in total. The molecule has 21 heavy (non-hydrogen) atoms. The largest absolute Gasteiger partial charge is 0.379 e. The van der Waals surface area contributed by atoms with Gasteiger partial charge < -0.3 is 11.1 Å². The third kappa shape index (κ3) is 5.06. The Hall–Kier alpha value is -2.11. The average Bonchev–Trinajstić information content (AvgIpc) is 2.46. The van der Waals surface area contributed by atoms with Crippen molar-refractivity contribution in [2.45, 2.75) is 39.5 Å². The Morgan fingerprint density at radius 2 is 2.14 bits per heavy atom. The molecule has 1 amide bonds. The second-order valence-electron chi connectivity index (χ2n) is 5.15. The van der Waals surface area contributed by atoms with Crippen molar-refractivity contribution in [2.75, 3.05) is 11.9 Å². The first-order chi connectivity index (χ1) is 9.99. The van der Waals surface area contributed by atoms with E-state index in [1.165, 1.54) is 18.2 Å². The first-order valence-corrected chi connectivity index (χ1v) is 7.31. The van der Waals surface area contributed by atoms with E-state index in [4.69, 9.17) is 5.73 Å². The number of unbranched alkanes of at least 4 members (excludes halogenated alkanes) is 1. The number of primary amides is 1. The minimum absolute atomic E-state index is 0.0367. The summed E-state index contributed by atoms with van der Waals surface area (Å²) < 4.78 is 0. The van der Waals surface area contributed by atoms with Gasteiger partial charge in [-0.1, -0.05) is 33.1 Å². The van der Waals surface area contributed by atoms with Gasteiger partial charge in [0, 0.05) is 18.2 Å². The molecule has 1 atom stereocenters. The molecule has 1 rings (SSSR count). The Balaban J connectivity index is 2.86. The zero-order chi connectivity index (χ0) is 15.8. The van der Waals surface area contributed by atoms with Crippen molar-refractivity contribution in [1.82, 2.24) is 0 Å². The van der Waals surface area contributed by atoms with Crippen LogP contribution in [0.3, 0.4) is 0 Å². The molecule has 0 aliphatic rings. The number of nitrogens with zero attached hydrogens (tertiary/aromatic N) is 1. The molecule has 0 radical (unpaired) electrons. The summed E-state index contributed by atoms with van der Waals surface area (Å²) in [6.07, 6.45) is 4.37. The Bertz CT molecular complexity index is 503. The number of hydrogen-bond donors (Lipinski definition) is 2. The number of hydrogen-bond acceptors (Lipinski definition) is 4. The summed E-state index contributed by atoms with van der Waals surface area (Å²) in [5, 5.41) is 14.1. The number of benzene rings is 1. The second-order valence-corrected chi connectivity index (χ2v) is 5.15. The lowest BCUT2D eigenvalue weighted by molar-refractivity contribution is -0.384. The van der Waals surface area contributed by atoms with Crippen LogP contribution in [0.4, 0.5) is 11.4 Å². The summed E-state index contributed by atoms with van der Waals surface area (Å²) in [5.41, 5.74) is 5.80. The minimum atomic E-state index is -0.592. The summed E-state index contributed by atoms with van der Waals surface area (Å²) in [7, 11) is 0. The van der Waals surface area contributed by atoms with Crippen LogP contribution in [0.5, 0.6) is 0 Å². The van der Waals surface area contributed by atoms with E-state index in [1.807, 2.05) is 0 Å². The van der Waals surface area contributed by atoms with E-state index < -0.39 is 10.8 Å². The third-order valence-corrected chi connectivity index (χ3v) is 3.60. The number of nitro groups is 1. The molecule has 0 spiro atoms. The molecular weight excluding hydrogens is 270 g/mol. The molecule has 1 aromatic rings. The van der Waals surface area contributed by atoms with Crippen LogP contribution >= 0.6 is 0 Å². The van der Waals surface area contributed by atoms with Crippen molar-refractivity contribution in [3.8, 4) is 0 Å². The topological polar surface area (TPSA) is 98.3 Å². The van der Waals surface area contributed by atoms with Crippen molar-refractivity contribution in [2.24, 2.45) is 11.7 Å². The van der Waals surface area contributed by atoms with Gasteiger partial charge in [-0.3, -0.25) is 14.9 Å². The van der Waals surface area contributed by atoms with Crippen LogP contribution in [-0.2, 0) is 0 Å². The average molecular weight is 293 g/mol. The van der Waals surface area contributed by atoms with E-state index in [9.17, 15) is 14.9 Å². The molecule has 0 fully saturated rings. The van der Waals surface area contributed by atoms with Gasteiger partial charge >= 0.3 is 0 Å². The molecule has 116 valence electrons. The zero-order valence-corrected chi connectivity index (χ0v) is 12.6. The van der Waals surface area contributed by atoms with Crippen molar-refractivity contribution >= 4 is 17.3 Å². The van der Waals surface area contributed by atoms with E-state index in [-0.39, 0.29) is 11.3 Å². The van der Waals surface area contributed by atoms with Crippen LogP contribution < -0.4 is 11.1 Å². The number of nitro benzene ring substituents is 1. The van der Waals surface area contributed by atoms with Crippen molar-refractivity contribution < 1.29 is 9.72 Å². The molecule has 0 aliphatic heterocycles. The monoisotopic (exact) mass is 293 g/mol. The van der Waals surface area contributed by atoms with Gasteiger partial charge in [0.15, 0.2) is 0 Å². The molecule has 0 saturated heterocycles. The summed E-state index contributed by atoms with van der Waals surface area (Å²) in [4.78, 5) is 21.8. The van der Waals surface area contributed by atoms with E-state index in [1.54, 1.807) is 0 Å². The Labute approximate surface area is 124 Å². The maximum Gasteiger partial charge on any atom is 0.292 e. The van der Waals surface area contributed by atoms with Gasteiger partial charge in [-0.15, -0.1) is 0 Å². The summed E-state index contributed by atoms with van der Waals surface area (Å²) in [6.45, 7) is 4.90. The number of carbonyl (C=O) groups excluding carboxylic acids is 1. The predicted octanol–water partition coefficient (Wildman–Crippen LogP) is 3.32. The van der Waals surface area contributed by atoms with Gasteiger partial charge in [-0.25, -0.2) is 0 Å². The highest BCUT2D eigenvalue weighted by Gasteiger charge is 2.16. The highest BCUT2D eigenvalue weighted by Crippen LogP contribution is 2.26. The summed E-state index contributed by atoms with van der Waals surface area (Å²) >= 11 is 0. The summed E-state index contributed by atoms with van der Waals surface area (Å²) in [5.74, 6) is -0.132. The lowest BCUT2D eigenvalue weighted by atomic mass is 9.99. The Morgan fingerprint density at radius 3 is 2.67 bits per heavy atom. The number of nitrogens with two attached hydrogens (primary N) is 1. The molecule has 0 heterocycles. The van der Waals surface area contributed by atoms with Gasteiger partial charge in [0.1, 0.15) is 5.69 Å². The third-order valence-electron chi connectivity index (χ3n) is 3.60. The van der Waals surface area contributed by atoms with Crippen LogP contribution in [0.2, 0.25) is 0 Å². The van der Waals surface area contributed by atoms with E-state index in [2.05, 4.69) is 19.2 Å². The molecular formula is C15H23N3O3. The maximum atomic E-state index is 11.2. The number of anilines is 1. The molecule has 3 N–H and O–H groups in total. The number of rotatable bonds is 9. The molecule has 1 aromatic carbocycles. The number of amides is 1. The van der Waals surface area contributed by atoms with Gasteiger partial charge in [0.25, 0.3) is 5.69 Å². The van der Waals surface area contributed by atoms with Gasteiger partial charge in [0.05, 0.1) is 4.92 Å². The van der Waals surface area contributed by atoms with Gasteiger partial charge in [0.2, 0.25) is 5.91 Å². The fraction of sp³-hybridized carbons (Fsp3) is 0.533.